The molecular formula is C15H24O. The van der Waals surface area contributed by atoms with Gasteiger partial charge in [-0.1, -0.05) is 38.0 Å². The first-order chi connectivity index (χ1) is 7.76. The molecule has 1 nitrogen and oxygen atoms in total. The van der Waals surface area contributed by atoms with Crippen LogP contribution in [0.1, 0.15) is 51.5 Å². The minimum Gasteiger partial charge on any atom is -0.490 e. The molecule has 0 bridgehead atoms. The van der Waals surface area contributed by atoms with Crippen molar-refractivity contribution in [2.75, 3.05) is 0 Å². The van der Waals surface area contributed by atoms with Crippen LogP contribution in [-0.4, -0.2) is 6.10 Å². The predicted molar refractivity (Wildman–Crippen MR) is 70.0 cm³/mol. The van der Waals surface area contributed by atoms with E-state index < -0.39 is 0 Å². The van der Waals surface area contributed by atoms with Crippen molar-refractivity contribution in [3.05, 3.63) is 29.8 Å². The summed E-state index contributed by atoms with van der Waals surface area (Å²) in [4.78, 5) is 0. The van der Waals surface area contributed by atoms with Crippen molar-refractivity contribution >= 4 is 0 Å². The maximum atomic E-state index is 5.83. The summed E-state index contributed by atoms with van der Waals surface area (Å²) in [6.45, 7) is 6.35. The Labute approximate surface area is 99.8 Å². The van der Waals surface area contributed by atoms with E-state index in [-0.39, 0.29) is 0 Å². The Bertz CT molecular complexity index is 270. The highest BCUT2D eigenvalue weighted by molar-refractivity contribution is 5.26. The van der Waals surface area contributed by atoms with Crippen molar-refractivity contribution < 1.29 is 4.74 Å². The first kappa shape index (κ1) is 13.1. The van der Waals surface area contributed by atoms with E-state index in [1.54, 1.807) is 0 Å². The van der Waals surface area contributed by atoms with Crippen molar-refractivity contribution in [3.63, 3.8) is 0 Å². The minimum absolute atomic E-state index is 0.475. The Kier molecular flexibility index (Phi) is 5.99. The second-order valence-corrected chi connectivity index (χ2v) is 4.54. The van der Waals surface area contributed by atoms with Crippen LogP contribution in [0.5, 0.6) is 5.75 Å². The standard InChI is InChI=1S/C12H16O.C3H8/c1-10-6-8-12(9-7-10)13-11-4-2-3-5-11;1-3-2/h6-9,11H,2-5H2,1H3;3H2,1-2H3. The van der Waals surface area contributed by atoms with Gasteiger partial charge in [-0.15, -0.1) is 0 Å². The topological polar surface area (TPSA) is 9.23 Å². The first-order valence-corrected chi connectivity index (χ1v) is 6.49. The monoisotopic (exact) mass is 220 g/mol. The molecule has 0 saturated heterocycles. The Hall–Kier alpha value is -0.980. The molecule has 0 atom stereocenters. The maximum Gasteiger partial charge on any atom is 0.119 e. The summed E-state index contributed by atoms with van der Waals surface area (Å²) < 4.78 is 5.83. The molecule has 1 aliphatic rings. The fourth-order valence-electron chi connectivity index (χ4n) is 1.82. The van der Waals surface area contributed by atoms with Gasteiger partial charge in [0.1, 0.15) is 5.75 Å². The minimum atomic E-state index is 0.475. The molecule has 1 fully saturated rings. The highest BCUT2D eigenvalue weighted by Gasteiger charge is 2.15. The van der Waals surface area contributed by atoms with Crippen molar-refractivity contribution in [3.8, 4) is 5.75 Å². The number of benzene rings is 1. The number of ether oxygens (including phenoxy) is 1. The van der Waals surface area contributed by atoms with Gasteiger partial charge in [0.15, 0.2) is 0 Å². The third kappa shape index (κ3) is 4.69. The van der Waals surface area contributed by atoms with Crippen molar-refractivity contribution in [1.29, 1.82) is 0 Å². The molecule has 0 amide bonds. The number of rotatable bonds is 2. The summed E-state index contributed by atoms with van der Waals surface area (Å²) in [5.74, 6) is 1.03. The summed E-state index contributed by atoms with van der Waals surface area (Å²) in [5, 5.41) is 0. The molecule has 16 heavy (non-hydrogen) atoms. The molecule has 2 rings (SSSR count). The van der Waals surface area contributed by atoms with Gasteiger partial charge in [0.05, 0.1) is 6.10 Å². The smallest absolute Gasteiger partial charge is 0.119 e. The maximum absolute atomic E-state index is 5.83. The molecule has 0 aromatic heterocycles. The summed E-state index contributed by atoms with van der Waals surface area (Å²) >= 11 is 0. The van der Waals surface area contributed by atoms with E-state index in [2.05, 4.69) is 45.0 Å². The molecule has 1 heteroatoms. The van der Waals surface area contributed by atoms with Gasteiger partial charge in [0.25, 0.3) is 0 Å². The number of hydrogen-bond acceptors (Lipinski definition) is 1. The SMILES string of the molecule is CCC.Cc1ccc(OC2CCCC2)cc1. The Morgan fingerprint density at radius 3 is 2.06 bits per heavy atom. The van der Waals surface area contributed by atoms with Gasteiger partial charge >= 0.3 is 0 Å². The van der Waals surface area contributed by atoms with Gasteiger partial charge in [-0.25, -0.2) is 0 Å². The van der Waals surface area contributed by atoms with Crippen molar-refractivity contribution in [2.45, 2.75) is 59.0 Å². The van der Waals surface area contributed by atoms with Gasteiger partial charge in [-0.05, 0) is 44.7 Å². The molecule has 90 valence electrons. The summed E-state index contributed by atoms with van der Waals surface area (Å²) in [6, 6.07) is 8.33. The highest BCUT2D eigenvalue weighted by atomic mass is 16.5. The lowest BCUT2D eigenvalue weighted by molar-refractivity contribution is 0.210. The van der Waals surface area contributed by atoms with Crippen LogP contribution >= 0.6 is 0 Å². The van der Waals surface area contributed by atoms with Crippen LogP contribution in [0, 0.1) is 6.92 Å². The predicted octanol–water partition coefficient (Wildman–Crippen LogP) is 4.73. The second kappa shape index (κ2) is 7.32. The van der Waals surface area contributed by atoms with Crippen LogP contribution in [0.2, 0.25) is 0 Å². The Morgan fingerprint density at radius 2 is 1.56 bits per heavy atom. The Morgan fingerprint density at radius 1 is 1.06 bits per heavy atom. The van der Waals surface area contributed by atoms with Gasteiger partial charge < -0.3 is 4.74 Å². The van der Waals surface area contributed by atoms with Crippen molar-refractivity contribution in [1.82, 2.24) is 0 Å². The van der Waals surface area contributed by atoms with Crippen LogP contribution < -0.4 is 4.74 Å². The number of aryl methyl sites for hydroxylation is 1. The average molecular weight is 220 g/mol. The summed E-state index contributed by atoms with van der Waals surface area (Å²) in [5.41, 5.74) is 1.29. The first-order valence-electron chi connectivity index (χ1n) is 6.49. The molecule has 0 spiro atoms. The highest BCUT2D eigenvalue weighted by Crippen LogP contribution is 2.23. The van der Waals surface area contributed by atoms with E-state index in [1.165, 1.54) is 37.7 Å². The normalized spacial score (nSPS) is 15.4. The lowest BCUT2D eigenvalue weighted by atomic mass is 10.2. The molecule has 0 radical (unpaired) electrons. The van der Waals surface area contributed by atoms with Crippen LogP contribution in [0.4, 0.5) is 0 Å². The molecule has 0 heterocycles. The third-order valence-corrected chi connectivity index (χ3v) is 2.63. The van der Waals surface area contributed by atoms with Crippen LogP contribution in [0.25, 0.3) is 0 Å². The molecular weight excluding hydrogens is 196 g/mol. The second-order valence-electron chi connectivity index (χ2n) is 4.54. The van der Waals surface area contributed by atoms with Crippen LogP contribution in [-0.2, 0) is 0 Å². The van der Waals surface area contributed by atoms with E-state index >= 15 is 0 Å². The molecule has 1 saturated carbocycles. The zero-order valence-corrected chi connectivity index (χ0v) is 10.8. The molecule has 1 aromatic carbocycles. The third-order valence-electron chi connectivity index (χ3n) is 2.63. The molecule has 1 aliphatic carbocycles. The Balaban J connectivity index is 0.000000386. The van der Waals surface area contributed by atoms with Crippen molar-refractivity contribution in [2.24, 2.45) is 0 Å². The fourth-order valence-corrected chi connectivity index (χ4v) is 1.82. The molecule has 0 unspecified atom stereocenters. The van der Waals surface area contributed by atoms with Gasteiger partial charge in [-0.2, -0.15) is 0 Å². The lowest BCUT2D eigenvalue weighted by Crippen LogP contribution is -2.10. The summed E-state index contributed by atoms with van der Waals surface area (Å²) in [6.07, 6.45) is 6.84. The largest absolute Gasteiger partial charge is 0.490 e. The molecule has 1 aromatic rings. The van der Waals surface area contributed by atoms with Gasteiger partial charge in [0.2, 0.25) is 0 Å². The van der Waals surface area contributed by atoms with Crippen LogP contribution in [0.15, 0.2) is 24.3 Å². The van der Waals surface area contributed by atoms with Crippen LogP contribution in [0.3, 0.4) is 0 Å². The van der Waals surface area contributed by atoms with E-state index in [1.807, 2.05) is 0 Å². The zero-order chi connectivity index (χ0) is 11.8. The van der Waals surface area contributed by atoms with E-state index in [9.17, 15) is 0 Å². The number of hydrogen-bond donors (Lipinski definition) is 0. The van der Waals surface area contributed by atoms with Gasteiger partial charge in [0, 0.05) is 0 Å². The fraction of sp³-hybridized carbons (Fsp3) is 0.600. The zero-order valence-electron chi connectivity index (χ0n) is 10.8. The molecule has 0 N–H and O–H groups in total. The molecule has 0 aliphatic heterocycles. The van der Waals surface area contributed by atoms with E-state index in [4.69, 9.17) is 4.74 Å². The lowest BCUT2D eigenvalue weighted by Gasteiger charge is -2.12. The van der Waals surface area contributed by atoms with Gasteiger partial charge in [-0.3, -0.25) is 0 Å². The van der Waals surface area contributed by atoms with E-state index in [0.717, 1.165) is 5.75 Å². The summed E-state index contributed by atoms with van der Waals surface area (Å²) in [7, 11) is 0. The quantitative estimate of drug-likeness (QED) is 0.700. The van der Waals surface area contributed by atoms with E-state index in [0.29, 0.717) is 6.10 Å². The average Bonchev–Trinajstić information content (AvgIpc) is 2.75.